The lowest BCUT2D eigenvalue weighted by molar-refractivity contribution is 0.400. The molecule has 1 aromatic carbocycles. The maximum Gasteiger partial charge on any atom is 0.0458 e. The molecule has 0 radical (unpaired) electrons. The molecular weight excluding hydrogens is 196 g/mol. The Hall–Kier alpha value is -0.730. The second kappa shape index (κ2) is 5.23. The second-order valence-corrected chi connectivity index (χ2v) is 4.16. The van der Waals surface area contributed by atoms with Crippen molar-refractivity contribution in [1.29, 1.82) is 0 Å². The highest BCUT2D eigenvalue weighted by Crippen LogP contribution is 2.20. The number of nitrogen functional groups attached to an aromatic ring is 1. The summed E-state index contributed by atoms with van der Waals surface area (Å²) in [4.78, 5) is 2.17. The van der Waals surface area contributed by atoms with E-state index in [0.29, 0.717) is 0 Å². The molecule has 2 nitrogen and oxygen atoms in total. The fourth-order valence-corrected chi connectivity index (χ4v) is 1.64. The lowest BCUT2D eigenvalue weighted by Crippen LogP contribution is -2.13. The van der Waals surface area contributed by atoms with Crippen LogP contribution in [-0.4, -0.2) is 25.5 Å². The van der Waals surface area contributed by atoms with Gasteiger partial charge in [0, 0.05) is 10.7 Å². The third kappa shape index (κ3) is 3.56. The number of hydrogen-bond donors (Lipinski definition) is 1. The Morgan fingerprint density at radius 3 is 2.64 bits per heavy atom. The predicted octanol–water partition coefficient (Wildman–Crippen LogP) is 2.42. The first-order valence-electron chi connectivity index (χ1n) is 4.78. The van der Waals surface area contributed by atoms with Crippen LogP contribution in [0.4, 0.5) is 5.69 Å². The molecule has 2 N–H and O–H groups in total. The second-order valence-electron chi connectivity index (χ2n) is 3.76. The van der Waals surface area contributed by atoms with Crippen molar-refractivity contribution in [1.82, 2.24) is 4.90 Å². The molecule has 0 heterocycles. The Morgan fingerprint density at radius 1 is 1.36 bits per heavy atom. The number of nitrogens with two attached hydrogens (primary N) is 1. The zero-order valence-electron chi connectivity index (χ0n) is 8.76. The highest BCUT2D eigenvalue weighted by atomic mass is 35.5. The summed E-state index contributed by atoms with van der Waals surface area (Å²) < 4.78 is 0. The summed E-state index contributed by atoms with van der Waals surface area (Å²) in [6.45, 7) is 1.08. The molecule has 0 bridgehead atoms. The maximum absolute atomic E-state index is 6.05. The molecule has 14 heavy (non-hydrogen) atoms. The van der Waals surface area contributed by atoms with Crippen LogP contribution in [0.25, 0.3) is 0 Å². The van der Waals surface area contributed by atoms with Gasteiger partial charge >= 0.3 is 0 Å². The van der Waals surface area contributed by atoms with Gasteiger partial charge in [-0.05, 0) is 51.2 Å². The van der Waals surface area contributed by atoms with Crippen molar-refractivity contribution < 1.29 is 0 Å². The van der Waals surface area contributed by atoms with Gasteiger partial charge in [-0.15, -0.1) is 0 Å². The van der Waals surface area contributed by atoms with Gasteiger partial charge in [-0.3, -0.25) is 0 Å². The molecule has 0 aliphatic heterocycles. The minimum absolute atomic E-state index is 0.728. The molecule has 0 unspecified atom stereocenters. The average Bonchev–Trinajstić information content (AvgIpc) is 2.08. The molecule has 1 rings (SSSR count). The summed E-state index contributed by atoms with van der Waals surface area (Å²) in [7, 11) is 4.15. The topological polar surface area (TPSA) is 29.3 Å². The monoisotopic (exact) mass is 212 g/mol. The van der Waals surface area contributed by atoms with Gasteiger partial charge in [0.05, 0.1) is 0 Å². The standard InChI is InChI=1S/C11H17ClN2/c1-14(2)7-3-4-9-5-6-10(13)8-11(9)12/h5-6,8H,3-4,7,13H2,1-2H3. The normalized spacial score (nSPS) is 10.9. The van der Waals surface area contributed by atoms with Crippen molar-refractivity contribution in [3.05, 3.63) is 28.8 Å². The highest BCUT2D eigenvalue weighted by molar-refractivity contribution is 6.31. The third-order valence-corrected chi connectivity index (χ3v) is 2.48. The van der Waals surface area contributed by atoms with E-state index in [2.05, 4.69) is 19.0 Å². The summed E-state index contributed by atoms with van der Waals surface area (Å²) in [5, 5.41) is 0.781. The van der Waals surface area contributed by atoms with E-state index in [1.165, 1.54) is 5.56 Å². The molecule has 0 amide bonds. The van der Waals surface area contributed by atoms with Gasteiger partial charge in [0.1, 0.15) is 0 Å². The number of benzene rings is 1. The van der Waals surface area contributed by atoms with Gasteiger partial charge in [-0.1, -0.05) is 17.7 Å². The van der Waals surface area contributed by atoms with Crippen LogP contribution >= 0.6 is 11.6 Å². The van der Waals surface area contributed by atoms with E-state index in [0.717, 1.165) is 30.1 Å². The first-order valence-corrected chi connectivity index (χ1v) is 5.16. The van der Waals surface area contributed by atoms with Crippen LogP contribution in [0.15, 0.2) is 18.2 Å². The van der Waals surface area contributed by atoms with Crippen LogP contribution < -0.4 is 5.73 Å². The minimum Gasteiger partial charge on any atom is -0.399 e. The van der Waals surface area contributed by atoms with E-state index in [1.54, 1.807) is 0 Å². The zero-order chi connectivity index (χ0) is 10.6. The van der Waals surface area contributed by atoms with Crippen LogP contribution in [0.3, 0.4) is 0 Å². The molecule has 0 fully saturated rings. The van der Waals surface area contributed by atoms with Crippen molar-refractivity contribution in [2.75, 3.05) is 26.4 Å². The molecule has 0 aromatic heterocycles. The molecule has 3 heteroatoms. The summed E-state index contributed by atoms with van der Waals surface area (Å²) in [5.41, 5.74) is 7.52. The molecule has 0 spiro atoms. The number of anilines is 1. The van der Waals surface area contributed by atoms with E-state index >= 15 is 0 Å². The van der Waals surface area contributed by atoms with Gasteiger partial charge in [-0.25, -0.2) is 0 Å². The summed E-state index contributed by atoms with van der Waals surface area (Å²) >= 11 is 6.05. The number of halogens is 1. The van der Waals surface area contributed by atoms with E-state index < -0.39 is 0 Å². The van der Waals surface area contributed by atoms with Gasteiger partial charge in [0.2, 0.25) is 0 Å². The lowest BCUT2D eigenvalue weighted by Gasteiger charge is -2.09. The molecule has 0 saturated carbocycles. The Bertz CT molecular complexity index is 297. The Balaban J connectivity index is 2.51. The van der Waals surface area contributed by atoms with Crippen LogP contribution in [0, 0.1) is 0 Å². The Labute approximate surface area is 90.7 Å². The number of rotatable bonds is 4. The van der Waals surface area contributed by atoms with Crippen LogP contribution in [0.1, 0.15) is 12.0 Å². The van der Waals surface area contributed by atoms with Gasteiger partial charge in [-0.2, -0.15) is 0 Å². The molecule has 1 aromatic rings. The summed E-state index contributed by atoms with van der Waals surface area (Å²) in [6, 6.07) is 5.72. The molecule has 0 aliphatic carbocycles. The van der Waals surface area contributed by atoms with Crippen LogP contribution in [0.2, 0.25) is 5.02 Å². The van der Waals surface area contributed by atoms with Crippen molar-refractivity contribution in [3.8, 4) is 0 Å². The molecular formula is C11H17ClN2. The number of aryl methyl sites for hydroxylation is 1. The van der Waals surface area contributed by atoms with Gasteiger partial charge in [0.15, 0.2) is 0 Å². The largest absolute Gasteiger partial charge is 0.399 e. The van der Waals surface area contributed by atoms with Crippen LogP contribution in [0.5, 0.6) is 0 Å². The van der Waals surface area contributed by atoms with Crippen molar-refractivity contribution in [2.24, 2.45) is 0 Å². The smallest absolute Gasteiger partial charge is 0.0458 e. The SMILES string of the molecule is CN(C)CCCc1ccc(N)cc1Cl. The van der Waals surface area contributed by atoms with Crippen molar-refractivity contribution in [2.45, 2.75) is 12.8 Å². The molecule has 78 valence electrons. The first-order chi connectivity index (χ1) is 6.59. The fraction of sp³-hybridized carbons (Fsp3) is 0.455. The van der Waals surface area contributed by atoms with Crippen LogP contribution in [-0.2, 0) is 6.42 Å². The number of hydrogen-bond acceptors (Lipinski definition) is 2. The first kappa shape index (κ1) is 11.3. The van der Waals surface area contributed by atoms with Gasteiger partial charge < -0.3 is 10.6 Å². The highest BCUT2D eigenvalue weighted by Gasteiger charge is 2.00. The summed E-state index contributed by atoms with van der Waals surface area (Å²) in [5.74, 6) is 0. The molecule has 0 atom stereocenters. The maximum atomic E-state index is 6.05. The van der Waals surface area contributed by atoms with E-state index in [1.807, 2.05) is 18.2 Å². The average molecular weight is 213 g/mol. The van der Waals surface area contributed by atoms with Gasteiger partial charge in [0.25, 0.3) is 0 Å². The molecule has 0 saturated heterocycles. The quantitative estimate of drug-likeness (QED) is 0.777. The van der Waals surface area contributed by atoms with E-state index in [9.17, 15) is 0 Å². The van der Waals surface area contributed by atoms with Crippen molar-refractivity contribution in [3.63, 3.8) is 0 Å². The number of nitrogens with zero attached hydrogens (tertiary/aromatic N) is 1. The molecule has 0 aliphatic rings. The lowest BCUT2D eigenvalue weighted by atomic mass is 10.1. The fourth-order valence-electron chi connectivity index (χ4n) is 1.35. The predicted molar refractivity (Wildman–Crippen MR) is 62.7 cm³/mol. The third-order valence-electron chi connectivity index (χ3n) is 2.13. The Kier molecular flexibility index (Phi) is 4.23. The van der Waals surface area contributed by atoms with E-state index in [4.69, 9.17) is 17.3 Å². The summed E-state index contributed by atoms with van der Waals surface area (Å²) in [6.07, 6.45) is 2.13. The Morgan fingerprint density at radius 2 is 2.07 bits per heavy atom. The minimum atomic E-state index is 0.728. The zero-order valence-corrected chi connectivity index (χ0v) is 9.51. The van der Waals surface area contributed by atoms with Crippen molar-refractivity contribution >= 4 is 17.3 Å². The van der Waals surface area contributed by atoms with E-state index in [-0.39, 0.29) is 0 Å².